The molecule has 1 amide bonds. The van der Waals surface area contributed by atoms with E-state index in [1.54, 1.807) is 29.2 Å². The summed E-state index contributed by atoms with van der Waals surface area (Å²) in [6.45, 7) is 4.29. The zero-order chi connectivity index (χ0) is 24.4. The van der Waals surface area contributed by atoms with Crippen LogP contribution in [0.25, 0.3) is 16.3 Å². The molecule has 0 atom stereocenters. The van der Waals surface area contributed by atoms with E-state index in [1.165, 1.54) is 23.7 Å². The highest BCUT2D eigenvalue weighted by molar-refractivity contribution is 7.90. The first-order valence-corrected chi connectivity index (χ1v) is 13.9. The Kier molecular flexibility index (Phi) is 6.74. The maximum Gasteiger partial charge on any atom is 0.252 e. The summed E-state index contributed by atoms with van der Waals surface area (Å²) in [4.78, 5) is 22.1. The van der Waals surface area contributed by atoms with Crippen LogP contribution in [0.3, 0.4) is 0 Å². The average molecular weight is 516 g/mol. The Morgan fingerprint density at radius 2 is 1.94 bits per heavy atom. The Bertz CT molecular complexity index is 1380. The van der Waals surface area contributed by atoms with Crippen molar-refractivity contribution >= 4 is 48.5 Å². The summed E-state index contributed by atoms with van der Waals surface area (Å²) in [7, 11) is -3.34. The van der Waals surface area contributed by atoms with Gasteiger partial charge in [-0.25, -0.2) is 13.4 Å². The molecule has 0 radical (unpaired) electrons. The second kappa shape index (κ2) is 9.94. The number of fused-ring (bicyclic) bond motifs is 2. The zero-order valence-corrected chi connectivity index (χ0v) is 20.8. The molecule has 1 aromatic heterocycles. The van der Waals surface area contributed by atoms with Gasteiger partial charge < -0.3 is 14.2 Å². The van der Waals surface area contributed by atoms with Crippen molar-refractivity contribution in [2.75, 3.05) is 57.3 Å². The summed E-state index contributed by atoms with van der Waals surface area (Å²) in [5, 5.41) is 0.527. The number of hydrogen-bond donors (Lipinski definition) is 0. The molecule has 3 heterocycles. The Morgan fingerprint density at radius 3 is 2.74 bits per heavy atom. The molecular weight excluding hydrogens is 490 g/mol. The fourth-order valence-corrected chi connectivity index (χ4v) is 5.64. The molecule has 0 bridgehead atoms. The maximum atomic E-state index is 13.3. The van der Waals surface area contributed by atoms with E-state index < -0.39 is 9.84 Å². The van der Waals surface area contributed by atoms with Gasteiger partial charge in [0.2, 0.25) is 6.79 Å². The molecule has 2 aromatic carbocycles. The fourth-order valence-electron chi connectivity index (χ4n) is 3.88. The third-order valence-corrected chi connectivity index (χ3v) is 7.98. The summed E-state index contributed by atoms with van der Waals surface area (Å²) in [6, 6.07) is 10.3. The SMILES string of the molecule is CS(=O)(=O)c1ccc2nc(N(CCN3CCOCC3)C(=O)/C=C/c3ccc4c(c3)OCO4)sc2c1. The van der Waals surface area contributed by atoms with Gasteiger partial charge in [-0.15, -0.1) is 0 Å². The average Bonchev–Trinajstić information content (AvgIpc) is 3.49. The second-order valence-corrected chi connectivity index (χ2v) is 11.3. The summed E-state index contributed by atoms with van der Waals surface area (Å²) in [6.07, 6.45) is 4.43. The molecule has 184 valence electrons. The lowest BCUT2D eigenvalue weighted by molar-refractivity contribution is -0.114. The van der Waals surface area contributed by atoms with Crippen LogP contribution in [0.2, 0.25) is 0 Å². The van der Waals surface area contributed by atoms with Crippen LogP contribution in [-0.4, -0.2) is 76.7 Å². The Hall–Kier alpha value is -2.99. The van der Waals surface area contributed by atoms with E-state index >= 15 is 0 Å². The van der Waals surface area contributed by atoms with Crippen LogP contribution in [0.15, 0.2) is 47.4 Å². The smallest absolute Gasteiger partial charge is 0.252 e. The lowest BCUT2D eigenvalue weighted by Crippen LogP contribution is -2.42. The van der Waals surface area contributed by atoms with E-state index in [-0.39, 0.29) is 17.6 Å². The highest BCUT2D eigenvalue weighted by Crippen LogP contribution is 2.33. The van der Waals surface area contributed by atoms with Crippen LogP contribution >= 0.6 is 11.3 Å². The predicted octanol–water partition coefficient (Wildman–Crippen LogP) is 2.81. The predicted molar refractivity (Wildman–Crippen MR) is 134 cm³/mol. The van der Waals surface area contributed by atoms with E-state index in [0.29, 0.717) is 53.2 Å². The first-order valence-electron chi connectivity index (χ1n) is 11.2. The lowest BCUT2D eigenvalue weighted by Gasteiger charge is -2.28. The molecule has 1 saturated heterocycles. The molecule has 35 heavy (non-hydrogen) atoms. The first kappa shape index (κ1) is 23.7. The van der Waals surface area contributed by atoms with Gasteiger partial charge in [0.1, 0.15) is 0 Å². The largest absolute Gasteiger partial charge is 0.454 e. The highest BCUT2D eigenvalue weighted by atomic mass is 32.2. The molecule has 5 rings (SSSR count). The summed E-state index contributed by atoms with van der Waals surface area (Å²) >= 11 is 1.30. The standard InChI is InChI=1S/C24H25N3O6S2/c1-35(29,30)18-4-5-19-22(15-18)34-24(25-19)27(9-8-26-10-12-31-13-11-26)23(28)7-3-17-2-6-20-21(14-17)33-16-32-20/h2-7,14-15H,8-13,16H2,1H3/b7-3+. The number of benzene rings is 2. The third-order valence-electron chi connectivity index (χ3n) is 5.83. The van der Waals surface area contributed by atoms with Crippen molar-refractivity contribution in [3.63, 3.8) is 0 Å². The molecule has 0 saturated carbocycles. The fraction of sp³-hybridized carbons (Fsp3) is 0.333. The molecule has 3 aromatic rings. The minimum atomic E-state index is -3.34. The number of carbonyl (C=O) groups excluding carboxylic acids is 1. The van der Waals surface area contributed by atoms with E-state index in [9.17, 15) is 13.2 Å². The molecule has 9 nitrogen and oxygen atoms in total. The van der Waals surface area contributed by atoms with Crippen molar-refractivity contribution < 1.29 is 27.4 Å². The molecule has 0 spiro atoms. The number of sulfone groups is 1. The second-order valence-electron chi connectivity index (χ2n) is 8.29. The topological polar surface area (TPSA) is 98.3 Å². The van der Waals surface area contributed by atoms with Gasteiger partial charge in [-0.05, 0) is 42.0 Å². The number of nitrogens with zero attached hydrogens (tertiary/aromatic N) is 3. The molecule has 2 aliphatic heterocycles. The van der Waals surface area contributed by atoms with Gasteiger partial charge in [-0.3, -0.25) is 14.6 Å². The van der Waals surface area contributed by atoms with Crippen molar-refractivity contribution in [3.05, 3.63) is 48.0 Å². The Labute approximate surface area is 207 Å². The van der Waals surface area contributed by atoms with Gasteiger partial charge in [-0.2, -0.15) is 0 Å². The number of aromatic nitrogens is 1. The quantitative estimate of drug-likeness (QED) is 0.443. The monoisotopic (exact) mass is 515 g/mol. The van der Waals surface area contributed by atoms with Gasteiger partial charge >= 0.3 is 0 Å². The number of morpholine rings is 1. The van der Waals surface area contributed by atoms with Crippen LogP contribution < -0.4 is 14.4 Å². The number of rotatable bonds is 7. The number of thiazole rings is 1. The molecular formula is C24H25N3O6S2. The van der Waals surface area contributed by atoms with Crippen LogP contribution in [0, 0.1) is 0 Å². The van der Waals surface area contributed by atoms with Crippen molar-refractivity contribution in [2.45, 2.75) is 4.90 Å². The number of ether oxygens (including phenoxy) is 3. The van der Waals surface area contributed by atoms with Gasteiger partial charge in [0.15, 0.2) is 26.5 Å². The van der Waals surface area contributed by atoms with Gasteiger partial charge in [0.25, 0.3) is 5.91 Å². The normalized spacial score (nSPS) is 16.3. The molecule has 0 N–H and O–H groups in total. The minimum Gasteiger partial charge on any atom is -0.454 e. The third kappa shape index (κ3) is 5.48. The van der Waals surface area contributed by atoms with Crippen molar-refractivity contribution in [1.29, 1.82) is 0 Å². The van der Waals surface area contributed by atoms with Crippen LogP contribution in [0.4, 0.5) is 5.13 Å². The zero-order valence-electron chi connectivity index (χ0n) is 19.2. The van der Waals surface area contributed by atoms with Crippen LogP contribution in [0.1, 0.15) is 5.56 Å². The Morgan fingerprint density at radius 1 is 1.14 bits per heavy atom. The summed E-state index contributed by atoms with van der Waals surface area (Å²) in [5.41, 5.74) is 1.47. The van der Waals surface area contributed by atoms with Crippen LogP contribution in [-0.2, 0) is 19.4 Å². The Balaban J connectivity index is 1.41. The molecule has 2 aliphatic rings. The highest BCUT2D eigenvalue weighted by Gasteiger charge is 2.21. The van der Waals surface area contributed by atoms with Gasteiger partial charge in [-0.1, -0.05) is 17.4 Å². The van der Waals surface area contributed by atoms with Crippen molar-refractivity contribution in [1.82, 2.24) is 9.88 Å². The minimum absolute atomic E-state index is 0.190. The van der Waals surface area contributed by atoms with E-state index in [2.05, 4.69) is 9.88 Å². The van der Waals surface area contributed by atoms with E-state index in [0.717, 1.165) is 18.7 Å². The number of anilines is 1. The first-order chi connectivity index (χ1) is 16.9. The number of carbonyl (C=O) groups is 1. The van der Waals surface area contributed by atoms with Crippen LogP contribution in [0.5, 0.6) is 11.5 Å². The number of hydrogen-bond acceptors (Lipinski definition) is 9. The number of amides is 1. The van der Waals surface area contributed by atoms with Crippen molar-refractivity contribution in [3.8, 4) is 11.5 Å². The molecule has 1 fully saturated rings. The van der Waals surface area contributed by atoms with E-state index in [4.69, 9.17) is 14.2 Å². The lowest BCUT2D eigenvalue weighted by atomic mass is 10.2. The molecule has 0 unspecified atom stereocenters. The maximum absolute atomic E-state index is 13.3. The van der Waals surface area contributed by atoms with Gasteiger partial charge in [0.05, 0.1) is 28.3 Å². The molecule has 11 heteroatoms. The van der Waals surface area contributed by atoms with Crippen molar-refractivity contribution in [2.24, 2.45) is 0 Å². The molecule has 0 aliphatic carbocycles. The van der Waals surface area contributed by atoms with Gasteiger partial charge in [0, 0.05) is 38.5 Å². The summed E-state index contributed by atoms with van der Waals surface area (Å²) < 4.78 is 40.8. The summed E-state index contributed by atoms with van der Waals surface area (Å²) in [5.74, 6) is 1.12. The van der Waals surface area contributed by atoms with E-state index in [1.807, 2.05) is 18.2 Å².